The second kappa shape index (κ2) is 5.12. The number of aliphatic carboxylic acids is 1. The highest BCUT2D eigenvalue weighted by atomic mass is 16.4. The van der Waals surface area contributed by atoms with Gasteiger partial charge >= 0.3 is 5.97 Å². The first kappa shape index (κ1) is 14.1. The molecule has 0 fully saturated rings. The fraction of sp³-hybridized carbons (Fsp3) is 0.500. The van der Waals surface area contributed by atoms with Gasteiger partial charge in [0, 0.05) is 12.7 Å². The van der Waals surface area contributed by atoms with Crippen LogP contribution in [0.25, 0.3) is 0 Å². The molecule has 0 aromatic carbocycles. The Bertz CT molecular complexity index is 454. The van der Waals surface area contributed by atoms with Crippen LogP contribution in [0, 0.1) is 6.92 Å². The van der Waals surface area contributed by atoms with Crippen LogP contribution in [0.4, 0.5) is 0 Å². The first-order valence-electron chi connectivity index (χ1n) is 5.64. The number of nitrogens with zero attached hydrogens (tertiary/aromatic N) is 3. The SMILES string of the molecule is CCN(C(=O)c1cnc(C)cn1)C(C)(C)C(=O)O. The summed E-state index contributed by atoms with van der Waals surface area (Å²) in [6.45, 7) is 6.74. The molecular formula is C12H17N3O3. The molecule has 1 amide bonds. The summed E-state index contributed by atoms with van der Waals surface area (Å²) in [5, 5.41) is 9.15. The van der Waals surface area contributed by atoms with Gasteiger partial charge in [-0.15, -0.1) is 0 Å². The van der Waals surface area contributed by atoms with Gasteiger partial charge in [0.2, 0.25) is 0 Å². The van der Waals surface area contributed by atoms with Crippen LogP contribution in [0.15, 0.2) is 12.4 Å². The van der Waals surface area contributed by atoms with Crippen LogP contribution in [-0.2, 0) is 4.79 Å². The van der Waals surface area contributed by atoms with Crippen LogP contribution >= 0.6 is 0 Å². The van der Waals surface area contributed by atoms with Gasteiger partial charge < -0.3 is 10.0 Å². The van der Waals surface area contributed by atoms with E-state index in [1.165, 1.54) is 31.1 Å². The Kier molecular flexibility index (Phi) is 4.00. The van der Waals surface area contributed by atoms with Gasteiger partial charge in [-0.25, -0.2) is 9.78 Å². The Balaban J connectivity index is 3.07. The molecule has 0 saturated carbocycles. The van der Waals surface area contributed by atoms with Gasteiger partial charge in [0.25, 0.3) is 5.91 Å². The summed E-state index contributed by atoms with van der Waals surface area (Å²) in [6, 6.07) is 0. The van der Waals surface area contributed by atoms with Crippen molar-refractivity contribution in [3.05, 3.63) is 23.8 Å². The van der Waals surface area contributed by atoms with E-state index >= 15 is 0 Å². The second-order valence-corrected chi connectivity index (χ2v) is 4.46. The molecule has 0 saturated heterocycles. The molecule has 1 heterocycles. The summed E-state index contributed by atoms with van der Waals surface area (Å²) in [7, 11) is 0. The van der Waals surface area contributed by atoms with Gasteiger partial charge in [0.15, 0.2) is 0 Å². The fourth-order valence-electron chi connectivity index (χ4n) is 1.55. The summed E-state index contributed by atoms with van der Waals surface area (Å²) in [5.74, 6) is -1.49. The molecule has 0 radical (unpaired) electrons. The first-order chi connectivity index (χ1) is 8.30. The van der Waals surface area contributed by atoms with E-state index < -0.39 is 17.4 Å². The fourth-order valence-corrected chi connectivity index (χ4v) is 1.55. The molecule has 0 aliphatic rings. The Hall–Kier alpha value is -1.98. The molecule has 18 heavy (non-hydrogen) atoms. The van der Waals surface area contributed by atoms with Gasteiger partial charge in [-0.2, -0.15) is 0 Å². The van der Waals surface area contributed by atoms with E-state index in [1.807, 2.05) is 0 Å². The predicted molar refractivity (Wildman–Crippen MR) is 65.2 cm³/mol. The maximum absolute atomic E-state index is 12.2. The summed E-state index contributed by atoms with van der Waals surface area (Å²) >= 11 is 0. The molecule has 98 valence electrons. The molecule has 1 aromatic rings. The van der Waals surface area contributed by atoms with Crippen LogP contribution < -0.4 is 0 Å². The van der Waals surface area contributed by atoms with E-state index in [-0.39, 0.29) is 12.2 Å². The molecule has 6 heteroatoms. The molecule has 0 aliphatic heterocycles. The van der Waals surface area contributed by atoms with E-state index in [2.05, 4.69) is 9.97 Å². The number of hydrogen-bond donors (Lipinski definition) is 1. The molecule has 6 nitrogen and oxygen atoms in total. The van der Waals surface area contributed by atoms with Crippen LogP contribution in [0.5, 0.6) is 0 Å². The molecule has 0 bridgehead atoms. The van der Waals surface area contributed by atoms with Crippen molar-refractivity contribution in [2.45, 2.75) is 33.2 Å². The van der Waals surface area contributed by atoms with E-state index in [9.17, 15) is 9.59 Å². The number of aryl methyl sites for hydroxylation is 1. The minimum absolute atomic E-state index is 0.150. The van der Waals surface area contributed by atoms with Crippen molar-refractivity contribution in [1.82, 2.24) is 14.9 Å². The maximum Gasteiger partial charge on any atom is 0.329 e. The molecule has 0 atom stereocenters. The molecule has 0 unspecified atom stereocenters. The number of carbonyl (C=O) groups excluding carboxylic acids is 1. The lowest BCUT2D eigenvalue weighted by Gasteiger charge is -2.33. The van der Waals surface area contributed by atoms with Gasteiger partial charge in [-0.1, -0.05) is 0 Å². The Labute approximate surface area is 106 Å². The summed E-state index contributed by atoms with van der Waals surface area (Å²) in [4.78, 5) is 32.6. The molecule has 1 aromatic heterocycles. The summed E-state index contributed by atoms with van der Waals surface area (Å²) < 4.78 is 0. The van der Waals surface area contributed by atoms with Crippen LogP contribution in [-0.4, -0.2) is 43.9 Å². The number of hydrogen-bond acceptors (Lipinski definition) is 4. The van der Waals surface area contributed by atoms with Gasteiger partial charge in [0.05, 0.1) is 11.9 Å². The van der Waals surface area contributed by atoms with Crippen LogP contribution in [0.2, 0.25) is 0 Å². The normalized spacial score (nSPS) is 11.1. The third-order valence-corrected chi connectivity index (χ3v) is 2.76. The third-order valence-electron chi connectivity index (χ3n) is 2.76. The molecular weight excluding hydrogens is 234 g/mol. The number of aromatic nitrogens is 2. The smallest absolute Gasteiger partial charge is 0.329 e. The summed E-state index contributed by atoms with van der Waals surface area (Å²) in [5.41, 5.74) is -0.429. The standard InChI is InChI=1S/C12H17N3O3/c1-5-15(12(3,4)11(17)18)10(16)9-7-13-8(2)6-14-9/h6-7H,5H2,1-4H3,(H,17,18). The largest absolute Gasteiger partial charge is 0.480 e. The highest BCUT2D eigenvalue weighted by Crippen LogP contribution is 2.17. The lowest BCUT2D eigenvalue weighted by atomic mass is 10.0. The number of amides is 1. The van der Waals surface area contributed by atoms with Crippen molar-refractivity contribution in [3.8, 4) is 0 Å². The van der Waals surface area contributed by atoms with E-state index in [0.717, 1.165) is 0 Å². The lowest BCUT2D eigenvalue weighted by molar-refractivity contribution is -0.147. The Morgan fingerprint density at radius 1 is 1.33 bits per heavy atom. The zero-order valence-corrected chi connectivity index (χ0v) is 11.0. The van der Waals surface area contributed by atoms with Gasteiger partial charge in [-0.05, 0) is 27.7 Å². The number of carbonyl (C=O) groups is 2. The zero-order chi connectivity index (χ0) is 13.9. The Morgan fingerprint density at radius 2 is 1.94 bits per heavy atom. The highest BCUT2D eigenvalue weighted by molar-refractivity contribution is 5.95. The van der Waals surface area contributed by atoms with Crippen molar-refractivity contribution in [2.75, 3.05) is 6.54 Å². The number of likely N-dealkylation sites (N-methyl/N-ethyl adjacent to an activating group) is 1. The van der Waals surface area contributed by atoms with Crippen molar-refractivity contribution < 1.29 is 14.7 Å². The van der Waals surface area contributed by atoms with Crippen molar-refractivity contribution in [3.63, 3.8) is 0 Å². The minimum Gasteiger partial charge on any atom is -0.480 e. The average Bonchev–Trinajstić information content (AvgIpc) is 2.30. The molecule has 1 rings (SSSR count). The topological polar surface area (TPSA) is 83.4 Å². The number of carboxylic acid groups (broad SMARTS) is 1. The third kappa shape index (κ3) is 2.64. The van der Waals surface area contributed by atoms with Gasteiger partial charge in [0.1, 0.15) is 11.2 Å². The van der Waals surface area contributed by atoms with Crippen molar-refractivity contribution >= 4 is 11.9 Å². The number of carboxylic acids is 1. The van der Waals surface area contributed by atoms with Crippen molar-refractivity contribution in [1.29, 1.82) is 0 Å². The van der Waals surface area contributed by atoms with E-state index in [1.54, 1.807) is 13.8 Å². The van der Waals surface area contributed by atoms with E-state index in [0.29, 0.717) is 5.69 Å². The lowest BCUT2D eigenvalue weighted by Crippen LogP contribution is -2.53. The maximum atomic E-state index is 12.2. The second-order valence-electron chi connectivity index (χ2n) is 4.46. The number of rotatable bonds is 4. The zero-order valence-electron chi connectivity index (χ0n) is 11.0. The monoisotopic (exact) mass is 251 g/mol. The quantitative estimate of drug-likeness (QED) is 0.866. The molecule has 0 aliphatic carbocycles. The van der Waals surface area contributed by atoms with Crippen LogP contribution in [0.1, 0.15) is 37.0 Å². The van der Waals surface area contributed by atoms with Crippen molar-refractivity contribution in [2.24, 2.45) is 0 Å². The average molecular weight is 251 g/mol. The van der Waals surface area contributed by atoms with Crippen LogP contribution in [0.3, 0.4) is 0 Å². The minimum atomic E-state index is -1.28. The van der Waals surface area contributed by atoms with E-state index in [4.69, 9.17) is 5.11 Å². The molecule has 0 spiro atoms. The first-order valence-corrected chi connectivity index (χ1v) is 5.64. The highest BCUT2D eigenvalue weighted by Gasteiger charge is 2.37. The molecule has 1 N–H and O–H groups in total. The summed E-state index contributed by atoms with van der Waals surface area (Å²) in [6.07, 6.45) is 2.84. The van der Waals surface area contributed by atoms with Gasteiger partial charge in [-0.3, -0.25) is 9.78 Å². The Morgan fingerprint density at radius 3 is 2.33 bits per heavy atom. The predicted octanol–water partition coefficient (Wildman–Crippen LogP) is 1.11.